The lowest BCUT2D eigenvalue weighted by Gasteiger charge is -2.14. The van der Waals surface area contributed by atoms with Gasteiger partial charge in [-0.15, -0.1) is 0 Å². The lowest BCUT2D eigenvalue weighted by atomic mass is 10.2. The van der Waals surface area contributed by atoms with Gasteiger partial charge in [-0.2, -0.15) is 10.1 Å². The van der Waals surface area contributed by atoms with Gasteiger partial charge in [0.25, 0.3) is 5.91 Å². The van der Waals surface area contributed by atoms with Crippen molar-refractivity contribution < 1.29 is 4.79 Å². The summed E-state index contributed by atoms with van der Waals surface area (Å²) >= 11 is 5.80. The van der Waals surface area contributed by atoms with Crippen LogP contribution in [0.1, 0.15) is 19.8 Å². The van der Waals surface area contributed by atoms with E-state index in [4.69, 9.17) is 17.3 Å². The van der Waals surface area contributed by atoms with Crippen molar-refractivity contribution in [2.75, 3.05) is 10.7 Å². The van der Waals surface area contributed by atoms with Gasteiger partial charge in [-0.25, -0.2) is 0 Å². The minimum atomic E-state index is -0.0501. The topological polar surface area (TPSA) is 58.7 Å². The lowest BCUT2D eigenvalue weighted by Crippen LogP contribution is -2.20. The highest BCUT2D eigenvalue weighted by atomic mass is 35.5. The number of nitrogen functional groups attached to an aromatic ring is 1. The minimum absolute atomic E-state index is 0.0501. The number of nitrogens with zero attached hydrogens (tertiary/aromatic N) is 2. The molecule has 1 aromatic rings. The maximum Gasteiger partial charge on any atom is 0.253 e. The molecule has 16 heavy (non-hydrogen) atoms. The first-order valence-corrected chi connectivity index (χ1v) is 5.44. The minimum Gasteiger partial charge on any atom is -0.397 e. The van der Waals surface area contributed by atoms with Crippen molar-refractivity contribution in [1.82, 2.24) is 0 Å². The molecule has 0 bridgehead atoms. The molecule has 1 aromatic carbocycles. The smallest absolute Gasteiger partial charge is 0.253 e. The van der Waals surface area contributed by atoms with Crippen LogP contribution in [0.4, 0.5) is 11.4 Å². The quantitative estimate of drug-likeness (QED) is 0.803. The summed E-state index contributed by atoms with van der Waals surface area (Å²) in [6.07, 6.45) is 1.15. The first kappa shape index (κ1) is 11.0. The van der Waals surface area contributed by atoms with Crippen LogP contribution in [-0.4, -0.2) is 11.6 Å². The van der Waals surface area contributed by atoms with Crippen LogP contribution in [0.2, 0.25) is 5.02 Å². The van der Waals surface area contributed by atoms with Gasteiger partial charge in [0.15, 0.2) is 0 Å². The van der Waals surface area contributed by atoms with Gasteiger partial charge in [0, 0.05) is 10.7 Å². The molecule has 2 N–H and O–H groups in total. The Bertz CT molecular complexity index is 470. The van der Waals surface area contributed by atoms with E-state index in [2.05, 4.69) is 5.10 Å². The second-order valence-corrected chi connectivity index (χ2v) is 4.04. The standard InChI is InChI=1S/C11H12ClN3O/c1-2-8-6-11(16)15(14-8)10-4-3-7(12)5-9(10)13/h3-5H,2,6,13H2,1H3. The van der Waals surface area contributed by atoms with Gasteiger partial charge in [0.05, 0.1) is 17.8 Å². The van der Waals surface area contributed by atoms with Gasteiger partial charge in [-0.3, -0.25) is 4.79 Å². The average molecular weight is 238 g/mol. The Kier molecular flexibility index (Phi) is 2.83. The summed E-state index contributed by atoms with van der Waals surface area (Å²) in [5, 5.41) is 6.13. The summed E-state index contributed by atoms with van der Waals surface area (Å²) in [7, 11) is 0. The van der Waals surface area contributed by atoms with Crippen molar-refractivity contribution in [1.29, 1.82) is 0 Å². The van der Waals surface area contributed by atoms with Crippen LogP contribution in [-0.2, 0) is 4.79 Å². The molecule has 0 atom stereocenters. The van der Waals surface area contributed by atoms with E-state index in [-0.39, 0.29) is 5.91 Å². The summed E-state index contributed by atoms with van der Waals surface area (Å²) in [6.45, 7) is 1.97. The highest BCUT2D eigenvalue weighted by Crippen LogP contribution is 2.29. The largest absolute Gasteiger partial charge is 0.397 e. The highest BCUT2D eigenvalue weighted by molar-refractivity contribution is 6.31. The third-order valence-corrected chi connectivity index (χ3v) is 2.69. The molecule has 0 radical (unpaired) electrons. The van der Waals surface area contributed by atoms with Gasteiger partial charge < -0.3 is 5.73 Å². The molecule has 0 fully saturated rings. The van der Waals surface area contributed by atoms with Crippen molar-refractivity contribution in [3.8, 4) is 0 Å². The van der Waals surface area contributed by atoms with E-state index in [1.807, 2.05) is 6.92 Å². The Morgan fingerprint density at radius 3 is 2.88 bits per heavy atom. The highest BCUT2D eigenvalue weighted by Gasteiger charge is 2.25. The van der Waals surface area contributed by atoms with E-state index in [0.29, 0.717) is 22.8 Å². The molecule has 0 aliphatic carbocycles. The van der Waals surface area contributed by atoms with Crippen LogP contribution in [0.5, 0.6) is 0 Å². The third kappa shape index (κ3) is 1.88. The van der Waals surface area contributed by atoms with E-state index < -0.39 is 0 Å². The van der Waals surface area contributed by atoms with Crippen LogP contribution in [0.3, 0.4) is 0 Å². The lowest BCUT2D eigenvalue weighted by molar-refractivity contribution is -0.116. The van der Waals surface area contributed by atoms with E-state index in [1.54, 1.807) is 18.2 Å². The first-order chi connectivity index (χ1) is 7.61. The zero-order valence-electron chi connectivity index (χ0n) is 8.90. The number of anilines is 2. The maximum atomic E-state index is 11.7. The summed E-state index contributed by atoms with van der Waals surface area (Å²) in [5.41, 5.74) is 7.73. The molecule has 1 heterocycles. The number of hydrogen-bond donors (Lipinski definition) is 1. The fourth-order valence-corrected chi connectivity index (χ4v) is 1.76. The van der Waals surface area contributed by atoms with Gasteiger partial charge in [-0.05, 0) is 24.6 Å². The van der Waals surface area contributed by atoms with Crippen LogP contribution in [0.25, 0.3) is 0 Å². The molecule has 84 valence electrons. The number of nitrogens with two attached hydrogens (primary N) is 1. The Morgan fingerprint density at radius 1 is 1.56 bits per heavy atom. The molecule has 5 heteroatoms. The Hall–Kier alpha value is -1.55. The predicted molar refractivity (Wildman–Crippen MR) is 65.7 cm³/mol. The van der Waals surface area contributed by atoms with Crippen molar-refractivity contribution in [3.05, 3.63) is 23.2 Å². The number of hydrogen-bond acceptors (Lipinski definition) is 3. The second kappa shape index (κ2) is 4.14. The van der Waals surface area contributed by atoms with Crippen molar-refractivity contribution in [2.45, 2.75) is 19.8 Å². The molecule has 1 aliphatic heterocycles. The van der Waals surface area contributed by atoms with Gasteiger partial charge in [0.2, 0.25) is 0 Å². The van der Waals surface area contributed by atoms with Crippen molar-refractivity contribution in [3.63, 3.8) is 0 Å². The number of carbonyl (C=O) groups excluding carboxylic acids is 1. The van der Waals surface area contributed by atoms with E-state index in [1.165, 1.54) is 5.01 Å². The third-order valence-electron chi connectivity index (χ3n) is 2.46. The van der Waals surface area contributed by atoms with Crippen LogP contribution >= 0.6 is 11.6 Å². The van der Waals surface area contributed by atoms with E-state index in [0.717, 1.165) is 12.1 Å². The van der Waals surface area contributed by atoms with Crippen molar-refractivity contribution >= 4 is 34.6 Å². The van der Waals surface area contributed by atoms with Gasteiger partial charge in [0.1, 0.15) is 0 Å². The number of rotatable bonds is 2. The van der Waals surface area contributed by atoms with Crippen LogP contribution in [0, 0.1) is 0 Å². The van der Waals surface area contributed by atoms with Crippen molar-refractivity contribution in [2.24, 2.45) is 5.10 Å². The van der Waals surface area contributed by atoms with E-state index in [9.17, 15) is 4.79 Å². The van der Waals surface area contributed by atoms with E-state index >= 15 is 0 Å². The number of amides is 1. The summed E-state index contributed by atoms with van der Waals surface area (Å²) in [5.74, 6) is -0.0501. The Balaban J connectivity index is 2.38. The molecule has 0 saturated carbocycles. The maximum absolute atomic E-state index is 11.7. The molecular weight excluding hydrogens is 226 g/mol. The molecule has 1 amide bonds. The summed E-state index contributed by atoms with van der Waals surface area (Å²) in [4.78, 5) is 11.7. The van der Waals surface area contributed by atoms with Gasteiger partial charge >= 0.3 is 0 Å². The monoisotopic (exact) mass is 237 g/mol. The summed E-state index contributed by atoms with van der Waals surface area (Å²) in [6, 6.07) is 5.02. The summed E-state index contributed by atoms with van der Waals surface area (Å²) < 4.78 is 0. The Morgan fingerprint density at radius 2 is 2.31 bits per heavy atom. The molecule has 2 rings (SSSR count). The molecule has 0 aromatic heterocycles. The molecule has 4 nitrogen and oxygen atoms in total. The number of carbonyl (C=O) groups is 1. The fourth-order valence-electron chi connectivity index (χ4n) is 1.58. The molecule has 0 unspecified atom stereocenters. The second-order valence-electron chi connectivity index (χ2n) is 3.61. The fraction of sp³-hybridized carbons (Fsp3) is 0.273. The molecule has 1 aliphatic rings. The molecular formula is C11H12ClN3O. The molecule has 0 saturated heterocycles. The van der Waals surface area contributed by atoms with Crippen LogP contribution < -0.4 is 10.7 Å². The first-order valence-electron chi connectivity index (χ1n) is 5.06. The number of hydrazone groups is 1. The molecule has 0 spiro atoms. The zero-order valence-corrected chi connectivity index (χ0v) is 9.66. The van der Waals surface area contributed by atoms with Gasteiger partial charge in [-0.1, -0.05) is 18.5 Å². The SMILES string of the molecule is CCC1=NN(c2ccc(Cl)cc2N)C(=O)C1. The normalized spacial score (nSPS) is 15.5. The number of benzene rings is 1. The zero-order chi connectivity index (χ0) is 11.7. The Labute approximate surface area is 98.7 Å². The van der Waals surface area contributed by atoms with Crippen LogP contribution in [0.15, 0.2) is 23.3 Å². The number of halogens is 1. The predicted octanol–water partition coefficient (Wildman–Crippen LogP) is 2.42. The average Bonchev–Trinajstić information content (AvgIpc) is 2.60.